The molecule has 5 aliphatic carbocycles. The van der Waals surface area contributed by atoms with Gasteiger partial charge < -0.3 is 26.2 Å². The average Bonchev–Trinajstić information content (AvgIpc) is 3.50. The van der Waals surface area contributed by atoms with Crippen LogP contribution < -0.4 is 5.73 Å². The first-order chi connectivity index (χ1) is 18.1. The molecule has 1 aliphatic heterocycles. The second kappa shape index (κ2) is 9.61. The Morgan fingerprint density at radius 2 is 1.84 bits per heavy atom. The third kappa shape index (κ3) is 4.12. The number of allylic oxidation sites excluding steroid dienone is 3. The zero-order valence-electron chi connectivity index (χ0n) is 22.5. The van der Waals surface area contributed by atoms with Gasteiger partial charge in [0.2, 0.25) is 0 Å². The first kappa shape index (κ1) is 26.3. The first-order valence-corrected chi connectivity index (χ1v) is 14.6. The van der Waals surface area contributed by atoms with E-state index in [0.717, 1.165) is 25.8 Å². The summed E-state index contributed by atoms with van der Waals surface area (Å²) in [4.78, 5) is 15.4. The van der Waals surface area contributed by atoms with E-state index in [-0.39, 0.29) is 52.9 Å². The number of nitrogens with two attached hydrogens (primary N) is 1. The number of aliphatic hydroxyl groups excluding tert-OH is 4. The van der Waals surface area contributed by atoms with Gasteiger partial charge in [0.1, 0.15) is 5.76 Å². The summed E-state index contributed by atoms with van der Waals surface area (Å²) < 4.78 is 0. The number of hydrogen-bond acceptors (Lipinski definition) is 7. The monoisotopic (exact) mass is 524 g/mol. The van der Waals surface area contributed by atoms with E-state index in [9.17, 15) is 25.2 Å². The molecule has 1 saturated heterocycles. The number of carbonyl (C=O) groups excluding carboxylic acids is 1. The molecule has 0 spiro atoms. The Hall–Kier alpha value is -1.93. The fourth-order valence-electron chi connectivity index (χ4n) is 9.69. The van der Waals surface area contributed by atoms with Crippen molar-refractivity contribution in [2.24, 2.45) is 52.6 Å². The zero-order valence-corrected chi connectivity index (χ0v) is 22.5. The second-order valence-corrected chi connectivity index (χ2v) is 13.5. The predicted molar refractivity (Wildman–Crippen MR) is 145 cm³/mol. The minimum Gasteiger partial charge on any atom is -0.511 e. The molecule has 6 aliphatic rings. The van der Waals surface area contributed by atoms with Crippen LogP contribution in [-0.4, -0.2) is 69.1 Å². The molecular weight excluding hydrogens is 480 g/mol. The summed E-state index contributed by atoms with van der Waals surface area (Å²) in [6.07, 6.45) is 10.0. The quantitative estimate of drug-likeness (QED) is 0.358. The predicted octanol–water partition coefficient (Wildman–Crippen LogP) is 2.84. The Kier molecular flexibility index (Phi) is 6.65. The molecule has 0 aromatic carbocycles. The van der Waals surface area contributed by atoms with E-state index in [1.165, 1.54) is 31.5 Å². The molecule has 2 saturated carbocycles. The van der Waals surface area contributed by atoms with Gasteiger partial charge in [-0.15, -0.1) is 0 Å². The molecule has 7 heteroatoms. The number of Topliss-reactive ketones (excluding diaryl/α,β-unsaturated/α-hetero) is 1. The molecule has 38 heavy (non-hydrogen) atoms. The van der Waals surface area contributed by atoms with Crippen molar-refractivity contribution >= 4 is 5.78 Å². The molecular formula is C31H44N2O5. The van der Waals surface area contributed by atoms with Crippen molar-refractivity contribution in [2.45, 2.75) is 70.2 Å². The maximum atomic E-state index is 12.8. The van der Waals surface area contributed by atoms with E-state index < -0.39 is 35.6 Å². The zero-order chi connectivity index (χ0) is 26.9. The van der Waals surface area contributed by atoms with E-state index in [1.54, 1.807) is 0 Å². The lowest BCUT2D eigenvalue weighted by Gasteiger charge is -2.61. The molecule has 9 unspecified atom stereocenters. The Balaban J connectivity index is 1.26. The van der Waals surface area contributed by atoms with Crippen molar-refractivity contribution in [3.05, 3.63) is 47.4 Å². The SMILES string of the molecule is C=C(N)C1=C(O)C2C(O)C3C(O)C4C(O)C=CC(C5CC=C(CN6CCCC6)C5)C4C[C@@]3(C)C[C@H]2CC1=O. The van der Waals surface area contributed by atoms with E-state index in [2.05, 4.69) is 30.6 Å². The lowest BCUT2D eigenvalue weighted by Crippen LogP contribution is -2.64. The Labute approximate surface area is 225 Å². The van der Waals surface area contributed by atoms with Gasteiger partial charge in [0.25, 0.3) is 0 Å². The second-order valence-electron chi connectivity index (χ2n) is 13.5. The summed E-state index contributed by atoms with van der Waals surface area (Å²) in [5.74, 6) is -1.35. The van der Waals surface area contributed by atoms with Gasteiger partial charge in [0.05, 0.1) is 23.9 Å². The lowest BCUT2D eigenvalue weighted by molar-refractivity contribution is -0.204. The number of ketones is 1. The molecule has 0 aromatic heterocycles. The van der Waals surface area contributed by atoms with Gasteiger partial charge >= 0.3 is 0 Å². The Bertz CT molecular complexity index is 1090. The molecule has 0 radical (unpaired) electrons. The van der Waals surface area contributed by atoms with Crippen molar-refractivity contribution in [1.29, 1.82) is 0 Å². The molecule has 1 heterocycles. The first-order valence-electron chi connectivity index (χ1n) is 14.6. The highest BCUT2D eigenvalue weighted by Gasteiger charge is 2.63. The molecule has 0 aromatic rings. The van der Waals surface area contributed by atoms with E-state index >= 15 is 0 Å². The molecule has 0 bridgehead atoms. The summed E-state index contributed by atoms with van der Waals surface area (Å²) in [6.45, 7) is 9.22. The summed E-state index contributed by atoms with van der Waals surface area (Å²) in [7, 11) is 0. The Morgan fingerprint density at radius 1 is 1.11 bits per heavy atom. The number of carbonyl (C=O) groups is 1. The molecule has 6 N–H and O–H groups in total. The average molecular weight is 525 g/mol. The number of rotatable bonds is 4. The van der Waals surface area contributed by atoms with Crippen LogP contribution in [-0.2, 0) is 4.79 Å². The van der Waals surface area contributed by atoms with Crippen LogP contribution in [0.2, 0.25) is 0 Å². The van der Waals surface area contributed by atoms with Crippen LogP contribution in [0.5, 0.6) is 0 Å². The van der Waals surface area contributed by atoms with Crippen LogP contribution in [0, 0.1) is 46.8 Å². The van der Waals surface area contributed by atoms with Gasteiger partial charge in [-0.25, -0.2) is 0 Å². The molecule has 208 valence electrons. The largest absolute Gasteiger partial charge is 0.511 e. The molecule has 11 atom stereocenters. The molecule has 0 amide bonds. The maximum Gasteiger partial charge on any atom is 0.168 e. The van der Waals surface area contributed by atoms with Gasteiger partial charge in [0.15, 0.2) is 5.78 Å². The summed E-state index contributed by atoms with van der Waals surface area (Å²) in [5, 5.41) is 45.6. The van der Waals surface area contributed by atoms with Crippen LogP contribution in [0.3, 0.4) is 0 Å². The van der Waals surface area contributed by atoms with Crippen molar-refractivity contribution in [1.82, 2.24) is 4.90 Å². The third-order valence-electron chi connectivity index (χ3n) is 11.2. The number of hydrogen-bond donors (Lipinski definition) is 5. The number of likely N-dealkylation sites (tertiary alicyclic amines) is 1. The summed E-state index contributed by atoms with van der Waals surface area (Å²) in [5.41, 5.74) is 6.97. The van der Waals surface area contributed by atoms with Crippen LogP contribution >= 0.6 is 0 Å². The highest BCUT2D eigenvalue weighted by Crippen LogP contribution is 2.62. The summed E-state index contributed by atoms with van der Waals surface area (Å²) in [6, 6.07) is 0. The van der Waals surface area contributed by atoms with Crippen molar-refractivity contribution in [3.63, 3.8) is 0 Å². The normalized spacial score (nSPS) is 46.9. The highest BCUT2D eigenvalue weighted by atomic mass is 16.3. The third-order valence-corrected chi connectivity index (χ3v) is 11.2. The molecule has 6 rings (SSSR count). The topological polar surface area (TPSA) is 127 Å². The number of aliphatic hydroxyl groups is 4. The maximum absolute atomic E-state index is 12.8. The van der Waals surface area contributed by atoms with E-state index in [4.69, 9.17) is 5.73 Å². The number of fused-ring (bicyclic) bond motifs is 3. The van der Waals surface area contributed by atoms with Gasteiger partial charge in [-0.05, 0) is 80.7 Å². The van der Waals surface area contributed by atoms with Crippen molar-refractivity contribution < 1.29 is 25.2 Å². The Morgan fingerprint density at radius 3 is 2.55 bits per heavy atom. The van der Waals surface area contributed by atoms with Gasteiger partial charge in [-0.1, -0.05) is 37.3 Å². The van der Waals surface area contributed by atoms with Crippen LogP contribution in [0.4, 0.5) is 0 Å². The number of nitrogens with zero attached hydrogens (tertiary/aromatic N) is 1. The molecule has 3 fully saturated rings. The van der Waals surface area contributed by atoms with Crippen molar-refractivity contribution in [3.8, 4) is 0 Å². The van der Waals surface area contributed by atoms with Gasteiger partial charge in [-0.2, -0.15) is 0 Å². The highest BCUT2D eigenvalue weighted by molar-refractivity contribution is 6.00. The smallest absolute Gasteiger partial charge is 0.168 e. The van der Waals surface area contributed by atoms with Gasteiger partial charge in [0, 0.05) is 36.4 Å². The molecule has 7 nitrogen and oxygen atoms in total. The van der Waals surface area contributed by atoms with Crippen molar-refractivity contribution in [2.75, 3.05) is 19.6 Å². The van der Waals surface area contributed by atoms with E-state index in [1.807, 2.05) is 6.08 Å². The minimum absolute atomic E-state index is 0.0145. The van der Waals surface area contributed by atoms with Crippen LogP contribution in [0.15, 0.2) is 47.4 Å². The van der Waals surface area contributed by atoms with Crippen LogP contribution in [0.25, 0.3) is 0 Å². The van der Waals surface area contributed by atoms with Crippen LogP contribution in [0.1, 0.15) is 51.9 Å². The standard InChI is InChI=1S/C31H44N2O5/c1-16(32)24-23(35)12-19-13-31(2)14-21-20(18-6-5-17(11-18)15-33-9-3-4-10-33)7-8-22(34)26(21)30(38)27(31)29(37)25(19)28(24)36/h5,7-8,18-22,25-27,29-30,34,36-38H,1,3-4,6,9-15,32H2,2H3/t18?,19-,20?,21?,22?,25?,26?,27?,29?,30?,31-/m1/s1. The van der Waals surface area contributed by atoms with Gasteiger partial charge in [-0.3, -0.25) is 9.69 Å². The lowest BCUT2D eigenvalue weighted by atomic mass is 9.45. The minimum atomic E-state index is -1.03. The summed E-state index contributed by atoms with van der Waals surface area (Å²) >= 11 is 0. The fraction of sp³-hybridized carbons (Fsp3) is 0.710. The van der Waals surface area contributed by atoms with E-state index in [0.29, 0.717) is 12.3 Å². The fourth-order valence-corrected chi connectivity index (χ4v) is 9.69.